The van der Waals surface area contributed by atoms with Crippen LogP contribution in [-0.4, -0.2) is 31.6 Å². The quantitative estimate of drug-likeness (QED) is 0.727. The maximum atomic E-state index is 11.9. The second kappa shape index (κ2) is 9.16. The SMILES string of the molecule is CC1CNCCC1NC(=O)CCCCOc1ccc(Br)cc1. The first kappa shape index (κ1) is 17.3. The number of nitrogens with one attached hydrogen (secondary N) is 2. The van der Waals surface area contributed by atoms with Gasteiger partial charge in [-0.3, -0.25) is 4.79 Å². The third kappa shape index (κ3) is 5.97. The minimum Gasteiger partial charge on any atom is -0.494 e. The Hall–Kier alpha value is -1.07. The molecule has 4 nitrogen and oxygen atoms in total. The van der Waals surface area contributed by atoms with Crippen molar-refractivity contribution in [2.75, 3.05) is 19.7 Å². The molecule has 0 radical (unpaired) electrons. The molecule has 1 amide bonds. The van der Waals surface area contributed by atoms with Crippen LogP contribution in [0, 0.1) is 5.92 Å². The summed E-state index contributed by atoms with van der Waals surface area (Å²) in [5.41, 5.74) is 0. The molecule has 2 unspecified atom stereocenters. The Morgan fingerprint density at radius 2 is 2.14 bits per heavy atom. The highest BCUT2D eigenvalue weighted by molar-refractivity contribution is 9.10. The molecule has 5 heteroatoms. The fraction of sp³-hybridized carbons (Fsp3) is 0.588. The van der Waals surface area contributed by atoms with Crippen molar-refractivity contribution in [1.29, 1.82) is 0 Å². The van der Waals surface area contributed by atoms with E-state index in [0.717, 1.165) is 42.6 Å². The van der Waals surface area contributed by atoms with Gasteiger partial charge in [0, 0.05) is 16.9 Å². The molecular formula is C17H25BrN2O2. The van der Waals surface area contributed by atoms with E-state index in [9.17, 15) is 4.79 Å². The third-order valence-electron chi connectivity index (χ3n) is 4.01. The molecule has 0 aromatic heterocycles. The van der Waals surface area contributed by atoms with Crippen LogP contribution in [0.4, 0.5) is 0 Å². The van der Waals surface area contributed by atoms with Crippen molar-refractivity contribution in [3.63, 3.8) is 0 Å². The summed E-state index contributed by atoms with van der Waals surface area (Å²) in [7, 11) is 0. The van der Waals surface area contributed by atoms with Gasteiger partial charge in [0.05, 0.1) is 6.61 Å². The lowest BCUT2D eigenvalue weighted by Gasteiger charge is -2.30. The van der Waals surface area contributed by atoms with Gasteiger partial charge in [0.25, 0.3) is 0 Å². The average Bonchev–Trinajstić information content (AvgIpc) is 2.51. The van der Waals surface area contributed by atoms with Crippen molar-refractivity contribution < 1.29 is 9.53 Å². The van der Waals surface area contributed by atoms with E-state index in [0.29, 0.717) is 25.0 Å². The molecule has 2 rings (SSSR count). The highest BCUT2D eigenvalue weighted by Crippen LogP contribution is 2.16. The summed E-state index contributed by atoms with van der Waals surface area (Å²) in [6, 6.07) is 8.13. The van der Waals surface area contributed by atoms with Crippen molar-refractivity contribution >= 4 is 21.8 Å². The number of rotatable bonds is 7. The Balaban J connectivity index is 1.56. The van der Waals surface area contributed by atoms with Gasteiger partial charge in [0.15, 0.2) is 0 Å². The molecule has 1 aliphatic rings. The van der Waals surface area contributed by atoms with E-state index in [1.165, 1.54) is 0 Å². The molecule has 1 aliphatic heterocycles. The van der Waals surface area contributed by atoms with E-state index in [1.807, 2.05) is 24.3 Å². The summed E-state index contributed by atoms with van der Waals surface area (Å²) in [5, 5.41) is 6.50. The van der Waals surface area contributed by atoms with Crippen molar-refractivity contribution in [1.82, 2.24) is 10.6 Å². The van der Waals surface area contributed by atoms with Gasteiger partial charge >= 0.3 is 0 Å². The molecule has 2 atom stereocenters. The minimum absolute atomic E-state index is 0.169. The summed E-state index contributed by atoms with van der Waals surface area (Å²) < 4.78 is 6.69. The van der Waals surface area contributed by atoms with Gasteiger partial charge < -0.3 is 15.4 Å². The third-order valence-corrected chi connectivity index (χ3v) is 4.54. The second-order valence-corrected chi connectivity index (χ2v) is 6.82. The topological polar surface area (TPSA) is 50.4 Å². The number of carbonyl (C=O) groups excluding carboxylic acids is 1. The zero-order valence-electron chi connectivity index (χ0n) is 13.1. The first-order valence-electron chi connectivity index (χ1n) is 8.03. The number of hydrogen-bond donors (Lipinski definition) is 2. The lowest BCUT2D eigenvalue weighted by atomic mass is 9.95. The Morgan fingerprint density at radius 3 is 2.86 bits per heavy atom. The molecule has 0 aliphatic carbocycles. The number of halogens is 1. The molecule has 1 aromatic rings. The molecule has 1 heterocycles. The van der Waals surface area contributed by atoms with E-state index in [1.54, 1.807) is 0 Å². The number of amides is 1. The molecule has 1 aromatic carbocycles. The molecule has 0 bridgehead atoms. The van der Waals surface area contributed by atoms with Crippen LogP contribution in [-0.2, 0) is 4.79 Å². The normalized spacial score (nSPS) is 21.4. The van der Waals surface area contributed by atoms with Crippen LogP contribution in [0.25, 0.3) is 0 Å². The largest absolute Gasteiger partial charge is 0.494 e. The van der Waals surface area contributed by atoms with Crippen LogP contribution in [0.15, 0.2) is 28.7 Å². The Labute approximate surface area is 141 Å². The maximum Gasteiger partial charge on any atom is 0.220 e. The van der Waals surface area contributed by atoms with Crippen molar-refractivity contribution in [3.05, 3.63) is 28.7 Å². The smallest absolute Gasteiger partial charge is 0.220 e. The summed E-state index contributed by atoms with van der Waals surface area (Å²) in [5.74, 6) is 1.55. The van der Waals surface area contributed by atoms with Crippen LogP contribution < -0.4 is 15.4 Å². The molecule has 2 N–H and O–H groups in total. The Kier molecular flexibility index (Phi) is 7.19. The predicted octanol–water partition coefficient (Wildman–Crippen LogP) is 3.11. The molecule has 0 spiro atoms. The average molecular weight is 369 g/mol. The number of ether oxygens (including phenoxy) is 1. The van der Waals surface area contributed by atoms with E-state index in [2.05, 4.69) is 33.5 Å². The molecule has 122 valence electrons. The predicted molar refractivity (Wildman–Crippen MR) is 92.1 cm³/mol. The molecule has 1 fully saturated rings. The lowest BCUT2D eigenvalue weighted by Crippen LogP contribution is -2.48. The van der Waals surface area contributed by atoms with Crippen LogP contribution in [0.5, 0.6) is 5.75 Å². The van der Waals surface area contributed by atoms with E-state index in [-0.39, 0.29) is 5.91 Å². The summed E-state index contributed by atoms with van der Waals surface area (Å²) in [6.45, 7) is 4.82. The summed E-state index contributed by atoms with van der Waals surface area (Å²) in [4.78, 5) is 11.9. The van der Waals surface area contributed by atoms with Gasteiger partial charge in [-0.05, 0) is 62.5 Å². The Bertz CT molecular complexity index is 464. The van der Waals surface area contributed by atoms with Crippen LogP contribution >= 0.6 is 15.9 Å². The summed E-state index contributed by atoms with van der Waals surface area (Å²) >= 11 is 3.40. The monoisotopic (exact) mass is 368 g/mol. The van der Waals surface area contributed by atoms with Crippen LogP contribution in [0.1, 0.15) is 32.6 Å². The molecule has 1 saturated heterocycles. The number of piperidine rings is 1. The highest BCUT2D eigenvalue weighted by Gasteiger charge is 2.22. The van der Waals surface area contributed by atoms with E-state index >= 15 is 0 Å². The van der Waals surface area contributed by atoms with Crippen LogP contribution in [0.3, 0.4) is 0 Å². The Morgan fingerprint density at radius 1 is 1.36 bits per heavy atom. The fourth-order valence-electron chi connectivity index (χ4n) is 2.62. The first-order valence-corrected chi connectivity index (χ1v) is 8.83. The standard InChI is InChI=1S/C17H25BrN2O2/c1-13-12-19-10-9-16(13)20-17(21)4-2-3-11-22-15-7-5-14(18)6-8-15/h5-8,13,16,19H,2-4,9-12H2,1H3,(H,20,21). The molecule has 22 heavy (non-hydrogen) atoms. The van der Waals surface area contributed by atoms with Crippen molar-refractivity contribution in [2.24, 2.45) is 5.92 Å². The van der Waals surface area contributed by atoms with E-state index in [4.69, 9.17) is 4.74 Å². The van der Waals surface area contributed by atoms with Gasteiger partial charge in [-0.15, -0.1) is 0 Å². The maximum absolute atomic E-state index is 11.9. The fourth-order valence-corrected chi connectivity index (χ4v) is 2.88. The van der Waals surface area contributed by atoms with Crippen molar-refractivity contribution in [3.8, 4) is 5.75 Å². The van der Waals surface area contributed by atoms with Crippen LogP contribution in [0.2, 0.25) is 0 Å². The minimum atomic E-state index is 0.169. The van der Waals surface area contributed by atoms with E-state index < -0.39 is 0 Å². The first-order chi connectivity index (χ1) is 10.6. The number of benzene rings is 1. The molecular weight excluding hydrogens is 344 g/mol. The van der Waals surface area contributed by atoms with Gasteiger partial charge in [0.2, 0.25) is 5.91 Å². The van der Waals surface area contributed by atoms with Gasteiger partial charge in [-0.1, -0.05) is 22.9 Å². The van der Waals surface area contributed by atoms with Gasteiger partial charge in [-0.25, -0.2) is 0 Å². The second-order valence-electron chi connectivity index (χ2n) is 5.90. The summed E-state index contributed by atoms with van der Waals surface area (Å²) in [6.07, 6.45) is 3.37. The number of hydrogen-bond acceptors (Lipinski definition) is 3. The van der Waals surface area contributed by atoms with Gasteiger partial charge in [-0.2, -0.15) is 0 Å². The highest BCUT2D eigenvalue weighted by atomic mass is 79.9. The molecule has 0 saturated carbocycles. The van der Waals surface area contributed by atoms with Crippen molar-refractivity contribution in [2.45, 2.75) is 38.6 Å². The zero-order chi connectivity index (χ0) is 15.8. The number of unbranched alkanes of at least 4 members (excludes halogenated alkanes) is 1. The lowest BCUT2D eigenvalue weighted by molar-refractivity contribution is -0.122. The number of carbonyl (C=O) groups is 1. The zero-order valence-corrected chi connectivity index (χ0v) is 14.7. The van der Waals surface area contributed by atoms with Gasteiger partial charge in [0.1, 0.15) is 5.75 Å².